The van der Waals surface area contributed by atoms with Gasteiger partial charge >= 0.3 is 0 Å². The van der Waals surface area contributed by atoms with Crippen molar-refractivity contribution in [1.82, 2.24) is 5.32 Å². The highest BCUT2D eigenvalue weighted by Crippen LogP contribution is 2.34. The summed E-state index contributed by atoms with van der Waals surface area (Å²) in [6, 6.07) is 15.4. The van der Waals surface area contributed by atoms with Gasteiger partial charge in [-0.05, 0) is 36.8 Å². The van der Waals surface area contributed by atoms with Gasteiger partial charge in [0.25, 0.3) is 0 Å². The van der Waals surface area contributed by atoms with Crippen LogP contribution < -0.4 is 10.2 Å². The summed E-state index contributed by atoms with van der Waals surface area (Å²) >= 11 is 4.91. The molecule has 124 valence electrons. The first kappa shape index (κ1) is 17.0. The number of fused-ring (bicyclic) bond motifs is 1. The Morgan fingerprint density at radius 1 is 1.25 bits per heavy atom. The molecule has 0 fully saturated rings. The molecule has 6 heteroatoms. The number of thioether (sulfide) groups is 1. The van der Waals surface area contributed by atoms with Gasteiger partial charge in [-0.2, -0.15) is 0 Å². The molecule has 1 aliphatic heterocycles. The number of halogens is 1. The van der Waals surface area contributed by atoms with E-state index in [9.17, 15) is 9.59 Å². The van der Waals surface area contributed by atoms with Gasteiger partial charge in [-0.1, -0.05) is 40.2 Å². The number of hydrogen-bond donors (Lipinski definition) is 1. The average molecular weight is 405 g/mol. The van der Waals surface area contributed by atoms with Gasteiger partial charge in [-0.25, -0.2) is 0 Å². The molecule has 1 atom stereocenters. The van der Waals surface area contributed by atoms with E-state index in [1.54, 1.807) is 4.90 Å². The normalized spacial score (nSPS) is 14.9. The van der Waals surface area contributed by atoms with Crippen LogP contribution in [0, 0.1) is 0 Å². The van der Waals surface area contributed by atoms with Gasteiger partial charge in [0.2, 0.25) is 11.8 Å². The first-order valence-electron chi connectivity index (χ1n) is 7.61. The molecule has 4 nitrogen and oxygen atoms in total. The Morgan fingerprint density at radius 2 is 1.96 bits per heavy atom. The highest BCUT2D eigenvalue weighted by atomic mass is 79.9. The molecule has 2 aromatic carbocycles. The lowest BCUT2D eigenvalue weighted by Gasteiger charge is -2.28. The zero-order chi connectivity index (χ0) is 17.1. The average Bonchev–Trinajstić information content (AvgIpc) is 2.58. The van der Waals surface area contributed by atoms with Gasteiger partial charge < -0.3 is 10.2 Å². The van der Waals surface area contributed by atoms with Crippen LogP contribution in [0.25, 0.3) is 0 Å². The van der Waals surface area contributed by atoms with Crippen molar-refractivity contribution >= 4 is 45.2 Å². The number of carbonyl (C=O) groups is 2. The lowest BCUT2D eigenvalue weighted by molar-refractivity contribution is -0.123. The lowest BCUT2D eigenvalue weighted by atomic mass is 10.1. The van der Waals surface area contributed by atoms with Crippen molar-refractivity contribution in [2.45, 2.75) is 17.9 Å². The molecule has 0 aromatic heterocycles. The minimum absolute atomic E-state index is 0.0369. The smallest absolute Gasteiger partial charge is 0.240 e. The Hall–Kier alpha value is -1.79. The fourth-order valence-electron chi connectivity index (χ4n) is 2.59. The van der Waals surface area contributed by atoms with E-state index in [4.69, 9.17) is 0 Å². The number of anilines is 1. The van der Waals surface area contributed by atoms with Crippen LogP contribution in [-0.4, -0.2) is 24.1 Å². The van der Waals surface area contributed by atoms with Gasteiger partial charge in [0.1, 0.15) is 6.54 Å². The quantitative estimate of drug-likeness (QED) is 0.843. The number of benzene rings is 2. The summed E-state index contributed by atoms with van der Waals surface area (Å²) in [6.07, 6.45) is 0. The monoisotopic (exact) mass is 404 g/mol. The second-order valence-corrected chi connectivity index (χ2v) is 7.51. The van der Waals surface area contributed by atoms with Crippen LogP contribution in [-0.2, 0) is 9.59 Å². The van der Waals surface area contributed by atoms with E-state index in [-0.39, 0.29) is 24.4 Å². The minimum atomic E-state index is -0.166. The van der Waals surface area contributed by atoms with Gasteiger partial charge in [-0.3, -0.25) is 9.59 Å². The highest BCUT2D eigenvalue weighted by Gasteiger charge is 2.26. The summed E-state index contributed by atoms with van der Waals surface area (Å²) < 4.78 is 0.998. The third-order valence-electron chi connectivity index (χ3n) is 3.86. The third-order valence-corrected chi connectivity index (χ3v) is 5.43. The zero-order valence-electron chi connectivity index (χ0n) is 13.2. The number of rotatable bonds is 4. The topological polar surface area (TPSA) is 49.4 Å². The van der Waals surface area contributed by atoms with Gasteiger partial charge in [0, 0.05) is 9.37 Å². The Kier molecular flexibility index (Phi) is 5.26. The van der Waals surface area contributed by atoms with Gasteiger partial charge in [-0.15, -0.1) is 11.8 Å². The largest absolute Gasteiger partial charge is 0.348 e. The maximum atomic E-state index is 12.4. The van der Waals surface area contributed by atoms with Crippen LogP contribution in [0.1, 0.15) is 18.5 Å². The first-order valence-corrected chi connectivity index (χ1v) is 9.39. The fraction of sp³-hybridized carbons (Fsp3) is 0.222. The van der Waals surface area contributed by atoms with Gasteiger partial charge in [0.05, 0.1) is 17.5 Å². The standard InChI is InChI=1S/C18H17BrN2O2S/c1-12(13-6-8-14(19)9-7-13)20-17(22)10-21-15-4-2-3-5-16(15)24-11-18(21)23/h2-9,12H,10-11H2,1H3,(H,20,22). The fourth-order valence-corrected chi connectivity index (χ4v) is 3.79. The Balaban J connectivity index is 1.68. The number of para-hydroxylation sites is 1. The van der Waals surface area contributed by atoms with E-state index in [1.807, 2.05) is 55.5 Å². The van der Waals surface area contributed by atoms with E-state index in [0.717, 1.165) is 20.6 Å². The predicted molar refractivity (Wildman–Crippen MR) is 100 cm³/mol. The number of nitrogens with zero attached hydrogens (tertiary/aromatic N) is 1. The van der Waals surface area contributed by atoms with Crippen molar-refractivity contribution in [2.75, 3.05) is 17.2 Å². The molecule has 1 N–H and O–H groups in total. The molecule has 0 saturated carbocycles. The minimum Gasteiger partial charge on any atom is -0.348 e. The molecular weight excluding hydrogens is 388 g/mol. The van der Waals surface area contributed by atoms with Gasteiger partial charge in [0.15, 0.2) is 0 Å². The predicted octanol–water partition coefficient (Wildman–Crippen LogP) is 3.77. The van der Waals surface area contributed by atoms with Crippen LogP contribution in [0.4, 0.5) is 5.69 Å². The van der Waals surface area contributed by atoms with E-state index in [2.05, 4.69) is 21.2 Å². The molecule has 2 aromatic rings. The first-order chi connectivity index (χ1) is 11.5. The zero-order valence-corrected chi connectivity index (χ0v) is 15.6. The van der Waals surface area contributed by atoms with Crippen LogP contribution in [0.15, 0.2) is 57.9 Å². The summed E-state index contributed by atoms with van der Waals surface area (Å²) in [5.41, 5.74) is 1.83. The number of carbonyl (C=O) groups excluding carboxylic acids is 2. The number of hydrogen-bond acceptors (Lipinski definition) is 3. The van der Waals surface area contributed by atoms with Crippen molar-refractivity contribution in [3.8, 4) is 0 Å². The summed E-state index contributed by atoms with van der Waals surface area (Å²) in [5.74, 6) is 0.164. The SMILES string of the molecule is CC(NC(=O)CN1C(=O)CSc2ccccc21)c1ccc(Br)cc1. The van der Waals surface area contributed by atoms with E-state index in [1.165, 1.54) is 11.8 Å². The van der Waals surface area contributed by atoms with Crippen molar-refractivity contribution in [3.63, 3.8) is 0 Å². The summed E-state index contributed by atoms with van der Waals surface area (Å²) in [5, 5.41) is 2.96. The molecule has 0 radical (unpaired) electrons. The summed E-state index contributed by atoms with van der Waals surface area (Å²) in [7, 11) is 0. The third kappa shape index (κ3) is 3.82. The molecule has 0 spiro atoms. The molecule has 24 heavy (non-hydrogen) atoms. The molecule has 1 unspecified atom stereocenters. The second kappa shape index (κ2) is 7.40. The highest BCUT2D eigenvalue weighted by molar-refractivity contribution is 9.10. The van der Waals surface area contributed by atoms with Crippen molar-refractivity contribution in [3.05, 3.63) is 58.6 Å². The Bertz CT molecular complexity index is 764. The second-order valence-electron chi connectivity index (χ2n) is 5.58. The molecular formula is C18H17BrN2O2S. The van der Waals surface area contributed by atoms with Crippen LogP contribution in [0.5, 0.6) is 0 Å². The van der Waals surface area contributed by atoms with Crippen LogP contribution >= 0.6 is 27.7 Å². The van der Waals surface area contributed by atoms with Crippen molar-refractivity contribution in [1.29, 1.82) is 0 Å². The van der Waals surface area contributed by atoms with E-state index < -0.39 is 0 Å². The van der Waals surface area contributed by atoms with Crippen LogP contribution in [0.2, 0.25) is 0 Å². The molecule has 1 heterocycles. The van der Waals surface area contributed by atoms with Crippen molar-refractivity contribution < 1.29 is 9.59 Å². The molecule has 0 aliphatic carbocycles. The van der Waals surface area contributed by atoms with Crippen molar-refractivity contribution in [2.24, 2.45) is 0 Å². The summed E-state index contributed by atoms with van der Waals surface area (Å²) in [4.78, 5) is 27.2. The Morgan fingerprint density at radius 3 is 2.71 bits per heavy atom. The Labute approximate surface area is 153 Å². The maximum absolute atomic E-state index is 12.4. The molecule has 1 aliphatic rings. The number of nitrogens with one attached hydrogen (secondary N) is 1. The molecule has 0 saturated heterocycles. The van der Waals surface area contributed by atoms with E-state index >= 15 is 0 Å². The summed E-state index contributed by atoms with van der Waals surface area (Å²) in [6.45, 7) is 1.97. The molecule has 0 bridgehead atoms. The number of amides is 2. The lowest BCUT2D eigenvalue weighted by Crippen LogP contribution is -2.43. The van der Waals surface area contributed by atoms with Crippen LogP contribution in [0.3, 0.4) is 0 Å². The molecule has 3 rings (SSSR count). The van der Waals surface area contributed by atoms with E-state index in [0.29, 0.717) is 5.75 Å². The maximum Gasteiger partial charge on any atom is 0.240 e. The molecule has 2 amide bonds.